The standard InChI is InChI=1S/C25H25FN4O4S2/c1-36(33,34)23(24(32)28-13-22(31)29-16-8-9-16)25-30-20-11-18(26)17(10-21(20)35-25)15-4-2-3-5-19(27-12-15)14-6-7-14/h2-5,10-12,14,16,23H,6-9,13H2,1H3,(H,28,32)(H,29,31)/b3-2?,4-2?,5-3+,15-4?,15-12?,19-5?,27-12?,27-19?. The number of thiazole rings is 1. The zero-order valence-electron chi connectivity index (χ0n) is 19.5. The third kappa shape index (κ3) is 5.62. The third-order valence-electron chi connectivity index (χ3n) is 6.06. The smallest absolute Gasteiger partial charge is 0.245 e. The van der Waals surface area contributed by atoms with E-state index in [-0.39, 0.29) is 29.0 Å². The first kappa shape index (κ1) is 24.5. The molecule has 2 heterocycles. The summed E-state index contributed by atoms with van der Waals surface area (Å²) in [5.74, 6) is -1.31. The summed E-state index contributed by atoms with van der Waals surface area (Å²) < 4.78 is 40.7. The van der Waals surface area contributed by atoms with E-state index in [4.69, 9.17) is 0 Å². The lowest BCUT2D eigenvalue weighted by molar-refractivity contribution is -0.126. The zero-order valence-corrected chi connectivity index (χ0v) is 21.2. The number of rotatable bonds is 8. The van der Waals surface area contributed by atoms with Gasteiger partial charge in [-0.25, -0.2) is 17.8 Å². The van der Waals surface area contributed by atoms with Crippen molar-refractivity contribution in [2.75, 3.05) is 12.8 Å². The van der Waals surface area contributed by atoms with Crippen molar-refractivity contribution < 1.29 is 22.4 Å². The molecule has 11 heteroatoms. The van der Waals surface area contributed by atoms with E-state index in [1.807, 2.05) is 18.2 Å². The number of hydrogen-bond acceptors (Lipinski definition) is 7. The highest BCUT2D eigenvalue weighted by Gasteiger charge is 2.34. The average molecular weight is 529 g/mol. The summed E-state index contributed by atoms with van der Waals surface area (Å²) in [5.41, 5.74) is 2.10. The highest BCUT2D eigenvalue weighted by Crippen LogP contribution is 2.35. The SMILES string of the molecule is CS(=O)(=O)C(C(=O)NCC(=O)NC1CC1)c1nc2cc(F)c(C3=CN=C(C4CC4)/C=C/C=C3)cc2s1. The number of nitrogens with one attached hydrogen (secondary N) is 2. The fourth-order valence-electron chi connectivity index (χ4n) is 3.88. The van der Waals surface area contributed by atoms with E-state index in [2.05, 4.69) is 20.6 Å². The molecule has 0 radical (unpaired) electrons. The molecule has 1 aromatic heterocycles. The molecule has 2 fully saturated rings. The van der Waals surface area contributed by atoms with Gasteiger partial charge in [0.2, 0.25) is 11.8 Å². The maximum absolute atomic E-state index is 15.1. The molecule has 2 aliphatic carbocycles. The summed E-state index contributed by atoms with van der Waals surface area (Å²) >= 11 is 1.01. The summed E-state index contributed by atoms with van der Waals surface area (Å²) in [5, 5.41) is 3.54. The molecular formula is C25H25FN4O4S2. The first-order valence-electron chi connectivity index (χ1n) is 11.7. The lowest BCUT2D eigenvalue weighted by atomic mass is 10.0. The van der Waals surface area contributed by atoms with Crippen LogP contribution in [0.1, 0.15) is 41.5 Å². The second-order valence-electron chi connectivity index (χ2n) is 9.25. The van der Waals surface area contributed by atoms with Crippen LogP contribution < -0.4 is 10.6 Å². The number of aromatic nitrogens is 1. The van der Waals surface area contributed by atoms with Crippen molar-refractivity contribution in [2.24, 2.45) is 10.9 Å². The number of nitrogens with zero attached hydrogens (tertiary/aromatic N) is 2. The van der Waals surface area contributed by atoms with Crippen LogP contribution in [-0.4, -0.2) is 49.8 Å². The second kappa shape index (κ2) is 9.70. The molecule has 1 atom stereocenters. The van der Waals surface area contributed by atoms with Crippen LogP contribution in [-0.2, 0) is 19.4 Å². The van der Waals surface area contributed by atoms with Crippen LogP contribution in [0.15, 0.2) is 47.6 Å². The largest absolute Gasteiger partial charge is 0.352 e. The minimum absolute atomic E-state index is 0.0170. The second-order valence-corrected chi connectivity index (χ2v) is 12.4. The molecule has 0 bridgehead atoms. The van der Waals surface area contributed by atoms with Crippen LogP contribution in [0.5, 0.6) is 0 Å². The molecule has 5 rings (SSSR count). The minimum Gasteiger partial charge on any atom is -0.352 e. The molecule has 36 heavy (non-hydrogen) atoms. The van der Waals surface area contributed by atoms with E-state index in [9.17, 15) is 18.0 Å². The topological polar surface area (TPSA) is 118 Å². The Hall–Kier alpha value is -3.18. The molecule has 2 saturated carbocycles. The summed E-state index contributed by atoms with van der Waals surface area (Å²) in [6.07, 6.45) is 14.0. The molecular weight excluding hydrogens is 503 g/mol. The highest BCUT2D eigenvalue weighted by molar-refractivity contribution is 7.91. The van der Waals surface area contributed by atoms with Crippen LogP contribution in [0, 0.1) is 11.7 Å². The Balaban J connectivity index is 1.43. The Morgan fingerprint density at radius 2 is 1.92 bits per heavy atom. The van der Waals surface area contributed by atoms with Crippen molar-refractivity contribution in [3.63, 3.8) is 0 Å². The van der Waals surface area contributed by atoms with Crippen molar-refractivity contribution in [3.05, 3.63) is 59.0 Å². The first-order valence-corrected chi connectivity index (χ1v) is 14.4. The molecule has 1 aliphatic heterocycles. The number of carbonyl (C=O) groups is 2. The Morgan fingerprint density at radius 1 is 1.17 bits per heavy atom. The fourth-order valence-corrected chi connectivity index (χ4v) is 6.41. The molecule has 0 saturated heterocycles. The molecule has 188 valence electrons. The summed E-state index contributed by atoms with van der Waals surface area (Å²) in [6.45, 7) is -0.330. The summed E-state index contributed by atoms with van der Waals surface area (Å²) in [6, 6.07) is 2.96. The number of benzene rings is 1. The number of carbonyl (C=O) groups excluding carboxylic acids is 2. The van der Waals surface area contributed by atoms with Gasteiger partial charge in [0, 0.05) is 47.3 Å². The van der Waals surface area contributed by atoms with Crippen LogP contribution in [0.3, 0.4) is 0 Å². The van der Waals surface area contributed by atoms with E-state index in [0.29, 0.717) is 21.8 Å². The first-order chi connectivity index (χ1) is 17.2. The van der Waals surface area contributed by atoms with Gasteiger partial charge in [-0.15, -0.1) is 11.3 Å². The Labute approximate surface area is 212 Å². The predicted molar refractivity (Wildman–Crippen MR) is 138 cm³/mol. The normalized spacial score (nSPS) is 19.6. The van der Waals surface area contributed by atoms with Crippen molar-refractivity contribution in [2.45, 2.75) is 37.0 Å². The molecule has 2 aromatic rings. The predicted octanol–water partition coefficient (Wildman–Crippen LogP) is 3.23. The van der Waals surface area contributed by atoms with Crippen LogP contribution >= 0.6 is 11.3 Å². The van der Waals surface area contributed by atoms with E-state index in [1.54, 1.807) is 18.3 Å². The van der Waals surface area contributed by atoms with Crippen LogP contribution in [0.25, 0.3) is 15.8 Å². The van der Waals surface area contributed by atoms with E-state index in [0.717, 1.165) is 49.0 Å². The van der Waals surface area contributed by atoms with Crippen LogP contribution in [0.4, 0.5) is 4.39 Å². The van der Waals surface area contributed by atoms with E-state index in [1.165, 1.54) is 6.07 Å². The molecule has 2 N–H and O–H groups in total. The van der Waals surface area contributed by atoms with Gasteiger partial charge in [-0.05, 0) is 37.8 Å². The van der Waals surface area contributed by atoms with Crippen molar-refractivity contribution in [3.8, 4) is 0 Å². The van der Waals surface area contributed by atoms with Gasteiger partial charge in [-0.2, -0.15) is 0 Å². The number of amides is 2. The van der Waals surface area contributed by atoms with Gasteiger partial charge in [-0.1, -0.05) is 18.2 Å². The molecule has 0 spiro atoms. The lowest BCUT2D eigenvalue weighted by Gasteiger charge is -2.12. The fraction of sp³-hybridized carbons (Fsp3) is 0.360. The van der Waals surface area contributed by atoms with Crippen molar-refractivity contribution in [1.82, 2.24) is 15.6 Å². The average Bonchev–Trinajstić information content (AvgIpc) is 3.71. The third-order valence-corrected chi connectivity index (χ3v) is 8.59. The van der Waals surface area contributed by atoms with Gasteiger partial charge >= 0.3 is 0 Å². The monoisotopic (exact) mass is 528 g/mol. The summed E-state index contributed by atoms with van der Waals surface area (Å²) in [4.78, 5) is 33.5. The van der Waals surface area contributed by atoms with Gasteiger partial charge in [0.15, 0.2) is 15.1 Å². The van der Waals surface area contributed by atoms with Gasteiger partial charge < -0.3 is 10.6 Å². The van der Waals surface area contributed by atoms with Gasteiger partial charge in [0.25, 0.3) is 0 Å². The Bertz CT molecular complexity index is 1460. The number of sulfone groups is 1. The molecule has 2 amide bonds. The zero-order chi connectivity index (χ0) is 25.4. The quantitative estimate of drug-likeness (QED) is 0.546. The Kier molecular flexibility index (Phi) is 6.60. The number of hydrogen-bond donors (Lipinski definition) is 2. The van der Waals surface area contributed by atoms with Crippen molar-refractivity contribution >= 4 is 54.5 Å². The number of allylic oxidation sites excluding steroid dienone is 5. The van der Waals surface area contributed by atoms with Gasteiger partial charge in [0.05, 0.1) is 16.8 Å². The molecule has 8 nitrogen and oxygen atoms in total. The van der Waals surface area contributed by atoms with Gasteiger partial charge in [0.1, 0.15) is 10.8 Å². The number of aliphatic imine (C=N–C) groups is 1. The van der Waals surface area contributed by atoms with E-state index >= 15 is 4.39 Å². The Morgan fingerprint density at radius 3 is 2.61 bits per heavy atom. The van der Waals surface area contributed by atoms with Crippen molar-refractivity contribution in [1.29, 1.82) is 0 Å². The van der Waals surface area contributed by atoms with Crippen LogP contribution in [0.2, 0.25) is 0 Å². The molecule has 3 aliphatic rings. The lowest BCUT2D eigenvalue weighted by Crippen LogP contribution is -2.41. The maximum Gasteiger partial charge on any atom is 0.245 e. The maximum atomic E-state index is 15.1. The minimum atomic E-state index is -3.92. The number of fused-ring (bicyclic) bond motifs is 1. The van der Waals surface area contributed by atoms with E-state index < -0.39 is 26.8 Å². The molecule has 1 aromatic carbocycles. The molecule has 1 unspecified atom stereocenters. The summed E-state index contributed by atoms with van der Waals surface area (Å²) in [7, 11) is -3.92. The highest BCUT2D eigenvalue weighted by atomic mass is 32.2. The van der Waals surface area contributed by atoms with Gasteiger partial charge in [-0.3, -0.25) is 14.6 Å². The number of halogens is 1.